The van der Waals surface area contributed by atoms with Crippen molar-refractivity contribution in [1.29, 1.82) is 0 Å². The lowest BCUT2D eigenvalue weighted by atomic mass is 10.0. The number of rotatable bonds is 6. The van der Waals surface area contributed by atoms with Crippen LogP contribution >= 0.6 is 0 Å². The van der Waals surface area contributed by atoms with Gasteiger partial charge in [0.2, 0.25) is 0 Å². The molecule has 0 saturated carbocycles. The third-order valence-electron chi connectivity index (χ3n) is 3.88. The van der Waals surface area contributed by atoms with Crippen molar-refractivity contribution in [1.82, 2.24) is 14.7 Å². The Balaban J connectivity index is 2.00. The Hall–Kier alpha value is -1.62. The van der Waals surface area contributed by atoms with Gasteiger partial charge in [-0.3, -0.25) is 9.48 Å². The van der Waals surface area contributed by atoms with Crippen molar-refractivity contribution in [2.45, 2.75) is 51.8 Å². The molecule has 5 nitrogen and oxygen atoms in total. The Morgan fingerprint density at radius 2 is 2.43 bits per heavy atom. The second-order valence-corrected chi connectivity index (χ2v) is 5.69. The van der Waals surface area contributed by atoms with Crippen LogP contribution in [0.25, 0.3) is 0 Å². The number of hydrogen-bond donors (Lipinski definition) is 0. The van der Waals surface area contributed by atoms with Gasteiger partial charge in [0.15, 0.2) is 0 Å². The molecule has 0 spiro atoms. The number of aryl methyl sites for hydroxylation is 1. The van der Waals surface area contributed by atoms with Crippen LogP contribution in [-0.4, -0.2) is 45.9 Å². The van der Waals surface area contributed by atoms with Gasteiger partial charge in [0, 0.05) is 12.7 Å². The summed E-state index contributed by atoms with van der Waals surface area (Å²) in [6.45, 7) is 9.43. The molecule has 1 aromatic rings. The number of carbonyl (C=O) groups excluding carboxylic acids is 1. The van der Waals surface area contributed by atoms with Gasteiger partial charge in [0.05, 0.1) is 25.4 Å². The Morgan fingerprint density at radius 1 is 1.62 bits per heavy atom. The molecule has 0 aromatic carbocycles. The van der Waals surface area contributed by atoms with Crippen molar-refractivity contribution >= 4 is 5.91 Å². The van der Waals surface area contributed by atoms with Crippen LogP contribution in [0.15, 0.2) is 25.0 Å². The van der Waals surface area contributed by atoms with Gasteiger partial charge in [-0.2, -0.15) is 5.10 Å². The van der Waals surface area contributed by atoms with Crippen LogP contribution in [0.3, 0.4) is 0 Å². The van der Waals surface area contributed by atoms with Crippen molar-refractivity contribution in [3.05, 3.63) is 30.6 Å². The van der Waals surface area contributed by atoms with Crippen LogP contribution in [0.2, 0.25) is 0 Å². The Kier molecular flexibility index (Phi) is 5.56. The minimum Gasteiger partial charge on any atom is -0.365 e. The molecule has 1 amide bonds. The molecule has 21 heavy (non-hydrogen) atoms. The van der Waals surface area contributed by atoms with Gasteiger partial charge >= 0.3 is 0 Å². The summed E-state index contributed by atoms with van der Waals surface area (Å²) in [6.07, 6.45) is 8.39. The Labute approximate surface area is 126 Å². The van der Waals surface area contributed by atoms with Gasteiger partial charge in [-0.15, -0.1) is 6.58 Å². The normalized spacial score (nSPS) is 20.3. The molecule has 0 unspecified atom stereocenters. The predicted molar refractivity (Wildman–Crippen MR) is 81.9 cm³/mol. The molecular formula is C16H25N3O2. The van der Waals surface area contributed by atoms with E-state index in [4.69, 9.17) is 4.74 Å². The molecule has 0 bridgehead atoms. The molecule has 2 atom stereocenters. The van der Waals surface area contributed by atoms with Crippen LogP contribution in [0.5, 0.6) is 0 Å². The lowest BCUT2D eigenvalue weighted by molar-refractivity contribution is -0.146. The molecule has 2 heterocycles. The van der Waals surface area contributed by atoms with Gasteiger partial charge < -0.3 is 9.64 Å². The van der Waals surface area contributed by atoms with E-state index in [0.29, 0.717) is 6.61 Å². The highest BCUT2D eigenvalue weighted by Crippen LogP contribution is 2.20. The van der Waals surface area contributed by atoms with E-state index in [1.807, 2.05) is 35.8 Å². The van der Waals surface area contributed by atoms with Crippen LogP contribution < -0.4 is 0 Å². The summed E-state index contributed by atoms with van der Waals surface area (Å²) in [5.41, 5.74) is 1.14. The van der Waals surface area contributed by atoms with E-state index in [-0.39, 0.29) is 11.9 Å². The number of carbonyl (C=O) groups is 1. The Morgan fingerprint density at radius 3 is 3.10 bits per heavy atom. The van der Waals surface area contributed by atoms with E-state index >= 15 is 0 Å². The highest BCUT2D eigenvalue weighted by atomic mass is 16.5. The number of amides is 1. The quantitative estimate of drug-likeness (QED) is 0.755. The lowest BCUT2D eigenvalue weighted by Gasteiger charge is -2.37. The molecule has 0 radical (unpaired) electrons. The smallest absolute Gasteiger partial charge is 0.251 e. The SMILES string of the molecule is C=CCO[C@@H](C)C(=O)N1CCCC[C@H]1Cn1cc(C)cn1. The number of nitrogens with zero attached hydrogens (tertiary/aromatic N) is 3. The summed E-state index contributed by atoms with van der Waals surface area (Å²) < 4.78 is 7.41. The fraction of sp³-hybridized carbons (Fsp3) is 0.625. The predicted octanol–water partition coefficient (Wildman–Crippen LogP) is 2.16. The largest absolute Gasteiger partial charge is 0.365 e. The second kappa shape index (κ2) is 7.41. The van der Waals surface area contributed by atoms with Crippen LogP contribution in [0, 0.1) is 6.92 Å². The highest BCUT2D eigenvalue weighted by Gasteiger charge is 2.30. The fourth-order valence-corrected chi connectivity index (χ4v) is 2.78. The van der Waals surface area contributed by atoms with Crippen molar-refractivity contribution in [2.75, 3.05) is 13.2 Å². The van der Waals surface area contributed by atoms with Crippen LogP contribution in [-0.2, 0) is 16.1 Å². The van der Waals surface area contributed by atoms with Crippen LogP contribution in [0.1, 0.15) is 31.7 Å². The molecule has 1 saturated heterocycles. The molecular weight excluding hydrogens is 266 g/mol. The molecule has 5 heteroatoms. The summed E-state index contributed by atoms with van der Waals surface area (Å²) in [4.78, 5) is 14.5. The van der Waals surface area contributed by atoms with Crippen molar-refractivity contribution in [3.63, 3.8) is 0 Å². The third kappa shape index (κ3) is 4.17. The van der Waals surface area contributed by atoms with Crippen molar-refractivity contribution in [2.24, 2.45) is 0 Å². The van der Waals surface area contributed by atoms with E-state index < -0.39 is 6.10 Å². The minimum absolute atomic E-state index is 0.0745. The second-order valence-electron chi connectivity index (χ2n) is 5.69. The van der Waals surface area contributed by atoms with Crippen molar-refractivity contribution < 1.29 is 9.53 Å². The molecule has 1 aliphatic heterocycles. The zero-order valence-corrected chi connectivity index (χ0v) is 13.0. The molecule has 1 aliphatic rings. The van der Waals surface area contributed by atoms with E-state index in [1.165, 1.54) is 0 Å². The summed E-state index contributed by atoms with van der Waals surface area (Å²) in [5, 5.41) is 4.33. The topological polar surface area (TPSA) is 47.4 Å². The number of piperidine rings is 1. The molecule has 1 fully saturated rings. The Bertz CT molecular complexity index is 484. The zero-order chi connectivity index (χ0) is 15.2. The number of aromatic nitrogens is 2. The zero-order valence-electron chi connectivity index (χ0n) is 13.0. The maximum atomic E-state index is 12.5. The maximum absolute atomic E-state index is 12.5. The lowest BCUT2D eigenvalue weighted by Crippen LogP contribution is -2.49. The monoisotopic (exact) mass is 291 g/mol. The summed E-state index contributed by atoms with van der Waals surface area (Å²) in [7, 11) is 0. The summed E-state index contributed by atoms with van der Waals surface area (Å²) in [6, 6.07) is 0.209. The first kappa shape index (κ1) is 15.8. The molecule has 1 aromatic heterocycles. The maximum Gasteiger partial charge on any atom is 0.251 e. The van der Waals surface area contributed by atoms with E-state index in [0.717, 1.165) is 37.9 Å². The van der Waals surface area contributed by atoms with Gasteiger partial charge in [-0.25, -0.2) is 0 Å². The van der Waals surface area contributed by atoms with Crippen molar-refractivity contribution in [3.8, 4) is 0 Å². The molecule has 0 N–H and O–H groups in total. The number of likely N-dealkylation sites (tertiary alicyclic amines) is 1. The first-order valence-electron chi connectivity index (χ1n) is 7.64. The summed E-state index contributed by atoms with van der Waals surface area (Å²) in [5.74, 6) is 0.0745. The number of ether oxygens (including phenoxy) is 1. The molecule has 116 valence electrons. The number of hydrogen-bond acceptors (Lipinski definition) is 3. The average Bonchev–Trinajstić information content (AvgIpc) is 2.89. The molecule has 0 aliphatic carbocycles. The molecule has 2 rings (SSSR count). The standard InChI is InChI=1S/C16H25N3O2/c1-4-9-21-14(3)16(20)19-8-6-5-7-15(19)12-18-11-13(2)10-17-18/h4,10-11,14-15H,1,5-9,12H2,2-3H3/t14-,15-/m0/s1. The van der Waals surface area contributed by atoms with Gasteiger partial charge in [-0.1, -0.05) is 6.08 Å². The summed E-state index contributed by atoms with van der Waals surface area (Å²) >= 11 is 0. The van der Waals surface area contributed by atoms with E-state index in [2.05, 4.69) is 11.7 Å². The van der Waals surface area contributed by atoms with E-state index in [1.54, 1.807) is 6.08 Å². The fourth-order valence-electron chi connectivity index (χ4n) is 2.78. The third-order valence-corrected chi connectivity index (χ3v) is 3.88. The van der Waals surface area contributed by atoms with Crippen LogP contribution in [0.4, 0.5) is 0 Å². The first-order valence-corrected chi connectivity index (χ1v) is 7.64. The minimum atomic E-state index is -0.414. The average molecular weight is 291 g/mol. The van der Waals surface area contributed by atoms with Gasteiger partial charge in [0.25, 0.3) is 5.91 Å². The van der Waals surface area contributed by atoms with Gasteiger partial charge in [0.1, 0.15) is 6.10 Å². The van der Waals surface area contributed by atoms with E-state index in [9.17, 15) is 4.79 Å². The van der Waals surface area contributed by atoms with Gasteiger partial charge in [-0.05, 0) is 38.7 Å². The first-order chi connectivity index (χ1) is 10.1. The highest BCUT2D eigenvalue weighted by molar-refractivity contribution is 5.81.